The molecule has 122 valence electrons. The molecule has 1 fully saturated rings. The van der Waals surface area contributed by atoms with Crippen LogP contribution in [-0.4, -0.2) is 47.2 Å². The third kappa shape index (κ3) is 4.69. The second kappa shape index (κ2) is 7.61. The first kappa shape index (κ1) is 16.8. The van der Waals surface area contributed by atoms with E-state index in [0.29, 0.717) is 25.1 Å². The van der Waals surface area contributed by atoms with Crippen molar-refractivity contribution >= 4 is 12.0 Å². The average Bonchev–Trinajstić information content (AvgIpc) is 2.54. The first-order valence-corrected chi connectivity index (χ1v) is 7.52. The predicted molar refractivity (Wildman–Crippen MR) is 83.6 cm³/mol. The van der Waals surface area contributed by atoms with Crippen LogP contribution in [0.15, 0.2) is 24.3 Å². The molecule has 23 heavy (non-hydrogen) atoms. The molecular weight excluding hydrogens is 296 g/mol. The second-order valence-electron chi connectivity index (χ2n) is 5.70. The van der Waals surface area contributed by atoms with Gasteiger partial charge in [-0.3, -0.25) is 4.79 Å². The first-order chi connectivity index (χ1) is 11.0. The van der Waals surface area contributed by atoms with Crippen molar-refractivity contribution in [2.75, 3.05) is 13.1 Å². The van der Waals surface area contributed by atoms with E-state index >= 15 is 0 Å². The van der Waals surface area contributed by atoms with Crippen molar-refractivity contribution in [1.82, 2.24) is 10.2 Å². The minimum Gasteiger partial charge on any atom is -0.465 e. The highest BCUT2D eigenvalue weighted by Crippen LogP contribution is 2.13. The quantitative estimate of drug-likeness (QED) is 0.755. The summed E-state index contributed by atoms with van der Waals surface area (Å²) < 4.78 is 0. The standard InChI is InChI=1S/C16H20N4O3/c17-9-12-4-1-3-11(7-12)8-14(18)15(21)20-6-2-5-13(10-20)19-16(22)23/h1,3-4,7,13-14,19H,2,5-6,8,10,18H2,(H,22,23)/t13-,14-/m0/s1. The van der Waals surface area contributed by atoms with Gasteiger partial charge in [0, 0.05) is 19.1 Å². The summed E-state index contributed by atoms with van der Waals surface area (Å²) in [6.07, 6.45) is 0.729. The molecule has 0 spiro atoms. The maximum atomic E-state index is 12.4. The van der Waals surface area contributed by atoms with Gasteiger partial charge < -0.3 is 21.1 Å². The molecule has 1 aromatic carbocycles. The zero-order valence-electron chi connectivity index (χ0n) is 12.7. The van der Waals surface area contributed by atoms with Gasteiger partial charge in [-0.25, -0.2) is 4.79 Å². The van der Waals surface area contributed by atoms with E-state index in [1.165, 1.54) is 0 Å². The van der Waals surface area contributed by atoms with Crippen molar-refractivity contribution in [3.8, 4) is 6.07 Å². The highest BCUT2D eigenvalue weighted by atomic mass is 16.4. The number of carbonyl (C=O) groups is 2. The van der Waals surface area contributed by atoms with Gasteiger partial charge in [0.05, 0.1) is 17.7 Å². The number of nitrogens with zero attached hydrogens (tertiary/aromatic N) is 2. The van der Waals surface area contributed by atoms with Gasteiger partial charge in [-0.05, 0) is 37.0 Å². The minimum absolute atomic E-state index is 0.191. The molecule has 7 heteroatoms. The lowest BCUT2D eigenvalue weighted by Crippen LogP contribution is -2.53. The van der Waals surface area contributed by atoms with Crippen molar-refractivity contribution in [3.05, 3.63) is 35.4 Å². The van der Waals surface area contributed by atoms with Crippen LogP contribution in [0.4, 0.5) is 4.79 Å². The van der Waals surface area contributed by atoms with Crippen LogP contribution in [0.2, 0.25) is 0 Å². The Bertz CT molecular complexity index is 626. The largest absolute Gasteiger partial charge is 0.465 e. The van der Waals surface area contributed by atoms with Crippen LogP contribution in [0.3, 0.4) is 0 Å². The average molecular weight is 316 g/mol. The molecule has 0 bridgehead atoms. The number of benzene rings is 1. The summed E-state index contributed by atoms with van der Waals surface area (Å²) in [5.41, 5.74) is 7.38. The fraction of sp³-hybridized carbons (Fsp3) is 0.438. The van der Waals surface area contributed by atoms with Crippen molar-refractivity contribution in [1.29, 1.82) is 5.26 Å². The number of likely N-dealkylation sites (tertiary alicyclic amines) is 1. The fourth-order valence-corrected chi connectivity index (χ4v) is 2.81. The Morgan fingerprint density at radius 1 is 1.52 bits per heavy atom. The van der Waals surface area contributed by atoms with Gasteiger partial charge >= 0.3 is 6.09 Å². The smallest absolute Gasteiger partial charge is 0.404 e. The van der Waals surface area contributed by atoms with E-state index in [9.17, 15) is 9.59 Å². The monoisotopic (exact) mass is 316 g/mol. The van der Waals surface area contributed by atoms with E-state index in [-0.39, 0.29) is 11.9 Å². The Hall–Kier alpha value is -2.59. The number of carbonyl (C=O) groups excluding carboxylic acids is 1. The normalized spacial score (nSPS) is 18.8. The lowest BCUT2D eigenvalue weighted by molar-refractivity contribution is -0.133. The maximum absolute atomic E-state index is 12.4. The lowest BCUT2D eigenvalue weighted by Gasteiger charge is -2.34. The fourth-order valence-electron chi connectivity index (χ4n) is 2.81. The third-order valence-electron chi connectivity index (χ3n) is 3.89. The number of nitrogens with one attached hydrogen (secondary N) is 1. The molecule has 1 heterocycles. The van der Waals surface area contributed by atoms with Gasteiger partial charge in [-0.15, -0.1) is 0 Å². The molecular formula is C16H20N4O3. The van der Waals surface area contributed by atoms with Crippen molar-refractivity contribution in [3.63, 3.8) is 0 Å². The summed E-state index contributed by atoms with van der Waals surface area (Å²) in [6, 6.07) is 8.12. The Morgan fingerprint density at radius 3 is 3.00 bits per heavy atom. The number of amides is 2. The minimum atomic E-state index is -1.08. The second-order valence-corrected chi connectivity index (χ2v) is 5.70. The highest BCUT2D eigenvalue weighted by Gasteiger charge is 2.27. The van der Waals surface area contributed by atoms with Crippen molar-refractivity contribution in [2.24, 2.45) is 5.73 Å². The first-order valence-electron chi connectivity index (χ1n) is 7.52. The van der Waals surface area contributed by atoms with E-state index in [2.05, 4.69) is 11.4 Å². The lowest BCUT2D eigenvalue weighted by atomic mass is 10.0. The molecule has 0 aliphatic carbocycles. The molecule has 2 amide bonds. The van der Waals surface area contributed by atoms with Crippen LogP contribution in [0.5, 0.6) is 0 Å². The number of piperidine rings is 1. The summed E-state index contributed by atoms with van der Waals surface area (Å²) >= 11 is 0. The third-order valence-corrected chi connectivity index (χ3v) is 3.89. The number of rotatable bonds is 4. The Balaban J connectivity index is 1.96. The van der Waals surface area contributed by atoms with E-state index in [1.54, 1.807) is 23.1 Å². The van der Waals surface area contributed by atoms with Crippen LogP contribution in [-0.2, 0) is 11.2 Å². The summed E-state index contributed by atoms with van der Waals surface area (Å²) in [7, 11) is 0. The molecule has 0 unspecified atom stereocenters. The molecule has 1 aromatic rings. The van der Waals surface area contributed by atoms with Gasteiger partial charge in [0.1, 0.15) is 0 Å². The number of nitrogens with two attached hydrogens (primary N) is 1. The number of carboxylic acid groups (broad SMARTS) is 1. The molecule has 4 N–H and O–H groups in total. The molecule has 2 rings (SSSR count). The summed E-state index contributed by atoms with van der Waals surface area (Å²) in [5, 5.41) is 20.1. The molecule has 7 nitrogen and oxygen atoms in total. The Kier molecular flexibility index (Phi) is 5.55. The van der Waals surface area contributed by atoms with Crippen LogP contribution < -0.4 is 11.1 Å². The highest BCUT2D eigenvalue weighted by molar-refractivity contribution is 5.82. The molecule has 0 aromatic heterocycles. The molecule has 0 radical (unpaired) electrons. The Labute approximate surface area is 134 Å². The van der Waals surface area contributed by atoms with Crippen LogP contribution >= 0.6 is 0 Å². The zero-order chi connectivity index (χ0) is 16.8. The van der Waals surface area contributed by atoms with Crippen LogP contribution in [0, 0.1) is 11.3 Å². The van der Waals surface area contributed by atoms with Crippen molar-refractivity contribution in [2.45, 2.75) is 31.3 Å². The van der Waals surface area contributed by atoms with Crippen LogP contribution in [0.1, 0.15) is 24.0 Å². The Morgan fingerprint density at radius 2 is 2.30 bits per heavy atom. The van der Waals surface area contributed by atoms with Crippen molar-refractivity contribution < 1.29 is 14.7 Å². The molecule has 0 saturated carbocycles. The predicted octanol–water partition coefficient (Wildman–Crippen LogP) is 0.687. The maximum Gasteiger partial charge on any atom is 0.404 e. The zero-order valence-corrected chi connectivity index (χ0v) is 12.7. The molecule has 2 atom stereocenters. The van der Waals surface area contributed by atoms with E-state index < -0.39 is 12.1 Å². The molecule has 1 saturated heterocycles. The van der Waals surface area contributed by atoms with Gasteiger partial charge in [0.15, 0.2) is 0 Å². The summed E-state index contributed by atoms with van der Waals surface area (Å²) in [5.74, 6) is -0.191. The van der Waals surface area contributed by atoms with E-state index in [4.69, 9.17) is 16.1 Å². The number of nitriles is 1. The summed E-state index contributed by atoms with van der Waals surface area (Å²) in [6.45, 7) is 0.930. The summed E-state index contributed by atoms with van der Waals surface area (Å²) in [4.78, 5) is 24.8. The number of hydrogen-bond acceptors (Lipinski definition) is 4. The van der Waals surface area contributed by atoms with E-state index in [0.717, 1.165) is 18.4 Å². The van der Waals surface area contributed by atoms with Gasteiger partial charge in [0.2, 0.25) is 5.91 Å². The number of hydrogen-bond donors (Lipinski definition) is 3. The van der Waals surface area contributed by atoms with E-state index in [1.807, 2.05) is 6.07 Å². The SMILES string of the molecule is N#Cc1cccc(C[C@H](N)C(=O)N2CCC[C@H](NC(=O)O)C2)c1. The van der Waals surface area contributed by atoms with Crippen LogP contribution in [0.25, 0.3) is 0 Å². The molecule has 1 aliphatic heterocycles. The molecule has 1 aliphatic rings. The van der Waals surface area contributed by atoms with Gasteiger partial charge in [-0.1, -0.05) is 12.1 Å². The topological polar surface area (TPSA) is 119 Å². The van der Waals surface area contributed by atoms with Gasteiger partial charge in [-0.2, -0.15) is 5.26 Å². The van der Waals surface area contributed by atoms with Gasteiger partial charge in [0.25, 0.3) is 0 Å².